The second kappa shape index (κ2) is 4.80. The first kappa shape index (κ1) is 9.99. The van der Waals surface area contributed by atoms with Crippen molar-refractivity contribution in [1.29, 1.82) is 0 Å². The van der Waals surface area contributed by atoms with Crippen molar-refractivity contribution in [2.45, 2.75) is 6.61 Å². The van der Waals surface area contributed by atoms with Crippen LogP contribution in [0.25, 0.3) is 0 Å². The maximum Gasteiger partial charge on any atom is 0.213 e. The Hall–Kier alpha value is -1.54. The third kappa shape index (κ3) is 2.96. The van der Waals surface area contributed by atoms with E-state index in [0.29, 0.717) is 12.5 Å². The average Bonchev–Trinajstić information content (AvgIpc) is 2.30. The molecule has 2 nitrogen and oxygen atoms in total. The third-order valence-corrected chi connectivity index (χ3v) is 2.19. The maximum atomic E-state index is 5.78. The quantitative estimate of drug-likeness (QED) is 0.790. The molecule has 0 unspecified atom stereocenters. The molecule has 0 N–H and O–H groups in total. The summed E-state index contributed by atoms with van der Waals surface area (Å²) >= 11 is 5.78. The molecule has 0 fully saturated rings. The highest BCUT2D eigenvalue weighted by Gasteiger charge is 1.95. The van der Waals surface area contributed by atoms with Crippen LogP contribution < -0.4 is 4.74 Å². The van der Waals surface area contributed by atoms with Gasteiger partial charge in [0.05, 0.1) is 0 Å². The van der Waals surface area contributed by atoms with Crippen LogP contribution in [0.2, 0.25) is 5.02 Å². The molecule has 0 aliphatic heterocycles. The number of ether oxygens (including phenoxy) is 1. The van der Waals surface area contributed by atoms with E-state index in [1.807, 2.05) is 42.5 Å². The van der Waals surface area contributed by atoms with Crippen LogP contribution in [0.1, 0.15) is 5.56 Å². The molecule has 0 bridgehead atoms. The largest absolute Gasteiger partial charge is 0.473 e. The molecule has 0 amide bonds. The maximum absolute atomic E-state index is 5.78. The van der Waals surface area contributed by atoms with Crippen molar-refractivity contribution in [1.82, 2.24) is 4.98 Å². The Morgan fingerprint density at radius 1 is 1.07 bits per heavy atom. The van der Waals surface area contributed by atoms with Gasteiger partial charge in [-0.25, -0.2) is 4.98 Å². The second-order valence-electron chi connectivity index (χ2n) is 3.08. The van der Waals surface area contributed by atoms with Gasteiger partial charge in [-0.3, -0.25) is 0 Å². The highest BCUT2D eigenvalue weighted by Crippen LogP contribution is 2.12. The molecule has 1 heterocycles. The van der Waals surface area contributed by atoms with Gasteiger partial charge in [-0.1, -0.05) is 29.8 Å². The normalized spacial score (nSPS) is 9.93. The third-order valence-electron chi connectivity index (χ3n) is 1.94. The smallest absolute Gasteiger partial charge is 0.213 e. The van der Waals surface area contributed by atoms with E-state index in [-0.39, 0.29) is 0 Å². The fraction of sp³-hybridized carbons (Fsp3) is 0.0833. The van der Waals surface area contributed by atoms with E-state index in [2.05, 4.69) is 4.98 Å². The first-order valence-electron chi connectivity index (χ1n) is 4.63. The second-order valence-corrected chi connectivity index (χ2v) is 3.52. The summed E-state index contributed by atoms with van der Waals surface area (Å²) < 4.78 is 5.48. The Kier molecular flexibility index (Phi) is 3.20. The fourth-order valence-electron chi connectivity index (χ4n) is 1.17. The van der Waals surface area contributed by atoms with Crippen LogP contribution in [0.5, 0.6) is 5.88 Å². The van der Waals surface area contributed by atoms with Crippen LogP contribution >= 0.6 is 11.6 Å². The van der Waals surface area contributed by atoms with E-state index in [4.69, 9.17) is 16.3 Å². The van der Waals surface area contributed by atoms with Crippen molar-refractivity contribution in [3.05, 3.63) is 59.2 Å². The van der Waals surface area contributed by atoms with Crippen LogP contribution in [0, 0.1) is 0 Å². The molecule has 0 atom stereocenters. The van der Waals surface area contributed by atoms with Gasteiger partial charge < -0.3 is 4.74 Å². The monoisotopic (exact) mass is 219 g/mol. The van der Waals surface area contributed by atoms with Gasteiger partial charge in [-0.2, -0.15) is 0 Å². The van der Waals surface area contributed by atoms with Crippen molar-refractivity contribution >= 4 is 11.6 Å². The highest BCUT2D eigenvalue weighted by molar-refractivity contribution is 6.30. The molecule has 0 aliphatic rings. The van der Waals surface area contributed by atoms with E-state index >= 15 is 0 Å². The lowest BCUT2D eigenvalue weighted by molar-refractivity contribution is 0.294. The van der Waals surface area contributed by atoms with E-state index in [0.717, 1.165) is 10.6 Å². The average molecular weight is 220 g/mol. The van der Waals surface area contributed by atoms with Gasteiger partial charge >= 0.3 is 0 Å². The van der Waals surface area contributed by atoms with Gasteiger partial charge in [-0.15, -0.1) is 0 Å². The van der Waals surface area contributed by atoms with Crippen molar-refractivity contribution in [2.75, 3.05) is 0 Å². The lowest BCUT2D eigenvalue weighted by Crippen LogP contribution is -1.96. The summed E-state index contributed by atoms with van der Waals surface area (Å²) in [6, 6.07) is 13.1. The zero-order chi connectivity index (χ0) is 10.5. The number of nitrogens with zero attached hydrogens (tertiary/aromatic N) is 1. The van der Waals surface area contributed by atoms with Gasteiger partial charge in [0.1, 0.15) is 6.61 Å². The van der Waals surface area contributed by atoms with Crippen LogP contribution in [-0.4, -0.2) is 4.98 Å². The summed E-state index contributed by atoms with van der Waals surface area (Å²) in [7, 11) is 0. The summed E-state index contributed by atoms with van der Waals surface area (Å²) in [4.78, 5) is 4.06. The molecule has 0 saturated carbocycles. The number of pyridine rings is 1. The van der Waals surface area contributed by atoms with Gasteiger partial charge in [0, 0.05) is 17.3 Å². The standard InChI is InChI=1S/C12H10ClNO/c13-11-6-4-10(5-7-11)9-15-12-3-1-2-8-14-12/h1-8H,9H2. The van der Waals surface area contributed by atoms with E-state index in [9.17, 15) is 0 Å². The van der Waals surface area contributed by atoms with Gasteiger partial charge in [-0.05, 0) is 23.8 Å². The lowest BCUT2D eigenvalue weighted by atomic mass is 10.2. The summed E-state index contributed by atoms with van der Waals surface area (Å²) in [5.41, 5.74) is 1.07. The molecule has 0 saturated heterocycles. The number of aromatic nitrogens is 1. The zero-order valence-electron chi connectivity index (χ0n) is 8.06. The van der Waals surface area contributed by atoms with Crippen molar-refractivity contribution in [3.63, 3.8) is 0 Å². The molecular formula is C12H10ClNO. The molecule has 1 aromatic heterocycles. The van der Waals surface area contributed by atoms with Crippen molar-refractivity contribution < 1.29 is 4.74 Å². The summed E-state index contributed by atoms with van der Waals surface area (Å²) in [6.45, 7) is 0.508. The Balaban J connectivity index is 1.96. The van der Waals surface area contributed by atoms with E-state index in [1.54, 1.807) is 6.20 Å². The first-order valence-corrected chi connectivity index (χ1v) is 5.01. The molecule has 3 heteroatoms. The van der Waals surface area contributed by atoms with Gasteiger partial charge in [0.15, 0.2) is 0 Å². The van der Waals surface area contributed by atoms with Crippen molar-refractivity contribution in [3.8, 4) is 5.88 Å². The molecular weight excluding hydrogens is 210 g/mol. The van der Waals surface area contributed by atoms with Crippen LogP contribution in [-0.2, 0) is 6.61 Å². The Morgan fingerprint density at radius 2 is 1.87 bits per heavy atom. The van der Waals surface area contributed by atoms with Crippen LogP contribution in [0.15, 0.2) is 48.7 Å². The molecule has 0 radical (unpaired) electrons. The number of hydrogen-bond acceptors (Lipinski definition) is 2. The van der Waals surface area contributed by atoms with Crippen LogP contribution in [0.3, 0.4) is 0 Å². The van der Waals surface area contributed by atoms with Crippen molar-refractivity contribution in [2.24, 2.45) is 0 Å². The summed E-state index contributed by atoms with van der Waals surface area (Å²) in [5.74, 6) is 0.632. The molecule has 76 valence electrons. The Morgan fingerprint density at radius 3 is 2.53 bits per heavy atom. The minimum Gasteiger partial charge on any atom is -0.473 e. The predicted molar refractivity (Wildman–Crippen MR) is 60.0 cm³/mol. The zero-order valence-corrected chi connectivity index (χ0v) is 8.82. The minimum absolute atomic E-state index is 0.508. The molecule has 2 aromatic rings. The Bertz CT molecular complexity index is 413. The van der Waals surface area contributed by atoms with E-state index in [1.165, 1.54) is 0 Å². The molecule has 15 heavy (non-hydrogen) atoms. The lowest BCUT2D eigenvalue weighted by Gasteiger charge is -2.04. The number of hydrogen-bond donors (Lipinski definition) is 0. The Labute approximate surface area is 93.5 Å². The molecule has 0 aliphatic carbocycles. The number of rotatable bonds is 3. The first-order chi connectivity index (χ1) is 7.34. The topological polar surface area (TPSA) is 22.1 Å². The SMILES string of the molecule is Clc1ccc(COc2ccccn2)cc1. The predicted octanol–water partition coefficient (Wildman–Crippen LogP) is 3.31. The number of halogens is 1. The summed E-state index contributed by atoms with van der Waals surface area (Å²) in [6.07, 6.45) is 1.71. The molecule has 2 rings (SSSR count). The van der Waals surface area contributed by atoms with Gasteiger partial charge in [0.25, 0.3) is 0 Å². The fourth-order valence-corrected chi connectivity index (χ4v) is 1.30. The molecule has 0 spiro atoms. The minimum atomic E-state index is 0.508. The summed E-state index contributed by atoms with van der Waals surface area (Å²) in [5, 5.41) is 0.733. The highest BCUT2D eigenvalue weighted by atomic mass is 35.5. The van der Waals surface area contributed by atoms with Gasteiger partial charge in [0.2, 0.25) is 5.88 Å². The molecule has 1 aromatic carbocycles. The van der Waals surface area contributed by atoms with E-state index < -0.39 is 0 Å². The number of benzene rings is 1. The van der Waals surface area contributed by atoms with Crippen LogP contribution in [0.4, 0.5) is 0 Å².